The summed E-state index contributed by atoms with van der Waals surface area (Å²) in [6.45, 7) is 1.38. The van der Waals surface area contributed by atoms with Crippen molar-refractivity contribution in [3.8, 4) is 0 Å². The van der Waals surface area contributed by atoms with Crippen molar-refractivity contribution < 1.29 is 14.3 Å². The van der Waals surface area contributed by atoms with Gasteiger partial charge in [-0.05, 0) is 24.1 Å². The standard InChI is InChI=1S/C15H19N3O3/c1-21-10-15(20)17-7-4-12-13(17)8-14(19)18(12)9-11-2-5-16-6-3-11/h2-3,5-6,12-13H,4,7-10H2,1H3/t12-,13+/m0/s1. The summed E-state index contributed by atoms with van der Waals surface area (Å²) in [7, 11) is 1.51. The van der Waals surface area contributed by atoms with Gasteiger partial charge in [0.15, 0.2) is 0 Å². The molecule has 6 heteroatoms. The highest BCUT2D eigenvalue weighted by Gasteiger charge is 2.47. The number of ether oxygens (including phenoxy) is 1. The number of pyridine rings is 1. The number of fused-ring (bicyclic) bond motifs is 1. The van der Waals surface area contributed by atoms with Gasteiger partial charge in [0, 0.05) is 39.0 Å². The van der Waals surface area contributed by atoms with Crippen LogP contribution in [0.3, 0.4) is 0 Å². The minimum absolute atomic E-state index is 0.00184. The molecule has 1 aromatic rings. The van der Waals surface area contributed by atoms with E-state index in [4.69, 9.17) is 4.74 Å². The molecule has 0 saturated carbocycles. The van der Waals surface area contributed by atoms with E-state index in [1.807, 2.05) is 17.0 Å². The zero-order chi connectivity index (χ0) is 14.8. The van der Waals surface area contributed by atoms with Gasteiger partial charge in [-0.2, -0.15) is 0 Å². The number of hydrogen-bond acceptors (Lipinski definition) is 4. The van der Waals surface area contributed by atoms with E-state index in [2.05, 4.69) is 4.98 Å². The maximum Gasteiger partial charge on any atom is 0.248 e. The molecular weight excluding hydrogens is 270 g/mol. The molecule has 3 heterocycles. The lowest BCUT2D eigenvalue weighted by molar-refractivity contribution is -0.136. The van der Waals surface area contributed by atoms with Crippen molar-refractivity contribution in [1.29, 1.82) is 0 Å². The number of methoxy groups -OCH3 is 1. The van der Waals surface area contributed by atoms with Gasteiger partial charge in [-0.15, -0.1) is 0 Å². The lowest BCUT2D eigenvalue weighted by atomic mass is 10.1. The zero-order valence-corrected chi connectivity index (χ0v) is 12.1. The SMILES string of the molecule is COCC(=O)N1CC[C@H]2[C@H]1CC(=O)N2Cc1ccncc1. The third kappa shape index (κ3) is 2.63. The Kier molecular flexibility index (Phi) is 3.88. The number of amides is 2. The lowest BCUT2D eigenvalue weighted by Gasteiger charge is -2.25. The van der Waals surface area contributed by atoms with Gasteiger partial charge in [-0.25, -0.2) is 0 Å². The number of nitrogens with zero attached hydrogens (tertiary/aromatic N) is 3. The molecule has 0 N–H and O–H groups in total. The molecule has 0 aliphatic carbocycles. The molecule has 2 fully saturated rings. The van der Waals surface area contributed by atoms with Gasteiger partial charge in [0.1, 0.15) is 6.61 Å². The average molecular weight is 289 g/mol. The third-order valence-electron chi connectivity index (χ3n) is 4.31. The van der Waals surface area contributed by atoms with Crippen molar-refractivity contribution in [2.45, 2.75) is 31.5 Å². The number of rotatable bonds is 4. The summed E-state index contributed by atoms with van der Waals surface area (Å²) in [5.41, 5.74) is 1.07. The molecule has 0 aromatic carbocycles. The number of carbonyl (C=O) groups is 2. The van der Waals surface area contributed by atoms with Crippen LogP contribution in [0.15, 0.2) is 24.5 Å². The number of carbonyl (C=O) groups excluding carboxylic acids is 2. The first-order valence-electron chi connectivity index (χ1n) is 7.17. The molecule has 0 bridgehead atoms. The molecule has 0 spiro atoms. The second-order valence-electron chi connectivity index (χ2n) is 5.52. The molecule has 2 aliphatic rings. The molecule has 2 atom stereocenters. The fraction of sp³-hybridized carbons (Fsp3) is 0.533. The quantitative estimate of drug-likeness (QED) is 0.806. The van der Waals surface area contributed by atoms with Crippen LogP contribution in [-0.4, -0.2) is 58.9 Å². The van der Waals surface area contributed by atoms with Crippen molar-refractivity contribution >= 4 is 11.8 Å². The zero-order valence-electron chi connectivity index (χ0n) is 12.1. The van der Waals surface area contributed by atoms with Gasteiger partial charge < -0.3 is 14.5 Å². The van der Waals surface area contributed by atoms with Crippen LogP contribution in [0, 0.1) is 0 Å². The Morgan fingerprint density at radius 2 is 2.14 bits per heavy atom. The van der Waals surface area contributed by atoms with Crippen LogP contribution in [0.5, 0.6) is 0 Å². The van der Waals surface area contributed by atoms with E-state index in [1.165, 1.54) is 7.11 Å². The van der Waals surface area contributed by atoms with E-state index < -0.39 is 0 Å². The summed E-state index contributed by atoms with van der Waals surface area (Å²) in [6.07, 6.45) is 4.73. The molecule has 2 saturated heterocycles. The summed E-state index contributed by atoms with van der Waals surface area (Å²) in [4.78, 5) is 32.0. The maximum atomic E-state index is 12.3. The Morgan fingerprint density at radius 1 is 1.38 bits per heavy atom. The first-order chi connectivity index (χ1) is 10.2. The number of aromatic nitrogens is 1. The molecule has 2 aliphatic heterocycles. The molecule has 0 unspecified atom stereocenters. The minimum atomic E-state index is -0.0245. The third-order valence-corrected chi connectivity index (χ3v) is 4.31. The second kappa shape index (κ2) is 5.81. The fourth-order valence-corrected chi connectivity index (χ4v) is 3.33. The van der Waals surface area contributed by atoms with Gasteiger partial charge in [-0.1, -0.05) is 0 Å². The van der Waals surface area contributed by atoms with Gasteiger partial charge in [0.2, 0.25) is 11.8 Å². The van der Waals surface area contributed by atoms with Crippen LogP contribution in [-0.2, 0) is 20.9 Å². The van der Waals surface area contributed by atoms with Gasteiger partial charge in [0.25, 0.3) is 0 Å². The van der Waals surface area contributed by atoms with E-state index in [0.29, 0.717) is 19.5 Å². The first kappa shape index (κ1) is 14.0. The Hall–Kier alpha value is -1.95. The largest absolute Gasteiger partial charge is 0.375 e. The van der Waals surface area contributed by atoms with Gasteiger partial charge in [-0.3, -0.25) is 14.6 Å². The van der Waals surface area contributed by atoms with Gasteiger partial charge in [0.05, 0.1) is 12.1 Å². The molecule has 21 heavy (non-hydrogen) atoms. The monoisotopic (exact) mass is 289 g/mol. The first-order valence-corrected chi connectivity index (χ1v) is 7.17. The maximum absolute atomic E-state index is 12.3. The van der Waals surface area contributed by atoms with E-state index >= 15 is 0 Å². The topological polar surface area (TPSA) is 62.7 Å². The van der Waals surface area contributed by atoms with Crippen LogP contribution in [0.4, 0.5) is 0 Å². The van der Waals surface area contributed by atoms with Crippen LogP contribution in [0.25, 0.3) is 0 Å². The molecule has 3 rings (SSSR count). The van der Waals surface area contributed by atoms with Crippen molar-refractivity contribution in [2.24, 2.45) is 0 Å². The smallest absolute Gasteiger partial charge is 0.248 e. The molecule has 112 valence electrons. The van der Waals surface area contributed by atoms with Crippen molar-refractivity contribution in [3.05, 3.63) is 30.1 Å². The highest BCUT2D eigenvalue weighted by Crippen LogP contribution is 2.33. The Bertz CT molecular complexity index is 534. The van der Waals surface area contributed by atoms with Crippen molar-refractivity contribution in [1.82, 2.24) is 14.8 Å². The molecule has 0 radical (unpaired) electrons. The summed E-state index contributed by atoms with van der Waals surface area (Å²) < 4.78 is 4.92. The van der Waals surface area contributed by atoms with Crippen LogP contribution in [0.1, 0.15) is 18.4 Å². The van der Waals surface area contributed by atoms with E-state index in [9.17, 15) is 9.59 Å². The van der Waals surface area contributed by atoms with E-state index in [-0.39, 0.29) is 30.5 Å². The van der Waals surface area contributed by atoms with Crippen LogP contribution >= 0.6 is 0 Å². The van der Waals surface area contributed by atoms with Gasteiger partial charge >= 0.3 is 0 Å². The molecular formula is C15H19N3O3. The van der Waals surface area contributed by atoms with Crippen molar-refractivity contribution in [2.75, 3.05) is 20.3 Å². The summed E-state index contributed by atoms with van der Waals surface area (Å²) in [5, 5.41) is 0. The number of hydrogen-bond donors (Lipinski definition) is 0. The molecule has 6 nitrogen and oxygen atoms in total. The fourth-order valence-electron chi connectivity index (χ4n) is 3.33. The lowest BCUT2D eigenvalue weighted by Crippen LogP contribution is -2.41. The molecule has 2 amide bonds. The predicted octanol–water partition coefficient (Wildman–Crippen LogP) is 0.430. The predicted molar refractivity (Wildman–Crippen MR) is 75.2 cm³/mol. The van der Waals surface area contributed by atoms with Crippen LogP contribution in [0.2, 0.25) is 0 Å². The summed E-state index contributed by atoms with van der Waals surface area (Å²) in [5.74, 6) is 0.0975. The summed E-state index contributed by atoms with van der Waals surface area (Å²) in [6, 6.07) is 3.97. The van der Waals surface area contributed by atoms with E-state index in [0.717, 1.165) is 12.0 Å². The highest BCUT2D eigenvalue weighted by atomic mass is 16.5. The van der Waals surface area contributed by atoms with E-state index in [1.54, 1.807) is 17.3 Å². The minimum Gasteiger partial charge on any atom is -0.375 e. The Labute approximate surface area is 123 Å². The average Bonchev–Trinajstić information content (AvgIpc) is 3.01. The second-order valence-corrected chi connectivity index (χ2v) is 5.52. The summed E-state index contributed by atoms with van der Waals surface area (Å²) >= 11 is 0. The normalized spacial score (nSPS) is 24.5. The Morgan fingerprint density at radius 3 is 2.86 bits per heavy atom. The van der Waals surface area contributed by atoms with Crippen molar-refractivity contribution in [3.63, 3.8) is 0 Å². The number of likely N-dealkylation sites (tertiary alicyclic amines) is 2. The van der Waals surface area contributed by atoms with Crippen LogP contribution < -0.4 is 0 Å². The highest BCUT2D eigenvalue weighted by molar-refractivity contribution is 5.84. The Balaban J connectivity index is 1.72. The molecule has 1 aromatic heterocycles.